The minimum atomic E-state index is -1.21. The van der Waals surface area contributed by atoms with Crippen molar-refractivity contribution >= 4 is 48.0 Å². The third kappa shape index (κ3) is 10.0. The summed E-state index contributed by atoms with van der Waals surface area (Å²) in [6.07, 6.45) is -2.30. The topological polar surface area (TPSA) is 224 Å². The Bertz CT molecular complexity index is 1480. The van der Waals surface area contributed by atoms with Crippen molar-refractivity contribution < 1.29 is 43.6 Å². The lowest BCUT2D eigenvalue weighted by Gasteiger charge is -2.27. The molecule has 17 nitrogen and oxygen atoms in total. The van der Waals surface area contributed by atoms with Crippen molar-refractivity contribution in [2.75, 3.05) is 26.2 Å². The number of alkyl carbamates (subject to hydrolysis) is 1. The maximum absolute atomic E-state index is 13.4. The molecule has 2 saturated heterocycles. The van der Waals surface area contributed by atoms with Crippen LogP contribution in [0.25, 0.3) is 0 Å². The minimum absolute atomic E-state index is 0.0893. The van der Waals surface area contributed by atoms with Gasteiger partial charge >= 0.3 is 12.2 Å². The van der Waals surface area contributed by atoms with E-state index in [9.17, 15) is 44.5 Å². The molecule has 2 aliphatic rings. The summed E-state index contributed by atoms with van der Waals surface area (Å²) in [5.74, 6) is -0.785. The van der Waals surface area contributed by atoms with Gasteiger partial charge in [0.2, 0.25) is 11.8 Å². The van der Waals surface area contributed by atoms with Gasteiger partial charge in [0, 0.05) is 61.7 Å². The normalized spacial score (nSPS) is 19.5. The van der Waals surface area contributed by atoms with E-state index in [0.717, 1.165) is 0 Å². The highest BCUT2D eigenvalue weighted by atomic mass is 32.1. The lowest BCUT2D eigenvalue weighted by molar-refractivity contribution is -0.385. The largest absolute Gasteiger partial charge is 0.445 e. The maximum Gasteiger partial charge on any atom is 0.410 e. The smallest absolute Gasteiger partial charge is 0.410 e. The Balaban J connectivity index is 1.16. The number of nitrogens with one attached hydrogen (secondary N) is 2. The van der Waals surface area contributed by atoms with Gasteiger partial charge in [-0.2, -0.15) is 12.6 Å². The number of nitrogens with zero attached hydrogens (tertiary/aromatic N) is 4. The Morgan fingerprint density at radius 3 is 2.09 bits per heavy atom. The van der Waals surface area contributed by atoms with Gasteiger partial charge < -0.3 is 30.1 Å². The molecule has 4 atom stereocenters. The molecule has 1 unspecified atom stereocenters. The minimum Gasteiger partial charge on any atom is -0.445 e. The average Bonchev–Trinajstić information content (AvgIpc) is 3.68. The molecule has 2 heterocycles. The third-order valence-electron chi connectivity index (χ3n) is 7.59. The summed E-state index contributed by atoms with van der Waals surface area (Å²) in [6.45, 7) is 0.205. The van der Waals surface area contributed by atoms with E-state index in [2.05, 4.69) is 23.3 Å². The monoisotopic (exact) mass is 674 g/mol. The molecule has 252 valence electrons. The quantitative estimate of drug-likeness (QED) is 0.145. The first kappa shape index (κ1) is 34.9. The second-order valence-electron chi connectivity index (χ2n) is 11.1. The predicted molar refractivity (Wildman–Crippen MR) is 166 cm³/mol. The number of hydrogen-bond donors (Lipinski definition) is 4. The molecule has 18 heteroatoms. The summed E-state index contributed by atoms with van der Waals surface area (Å²) in [4.78, 5) is 74.0. The fraction of sp³-hybridized carbons (Fsp3) is 0.448. The molecule has 0 bridgehead atoms. The van der Waals surface area contributed by atoms with Crippen LogP contribution in [0.3, 0.4) is 0 Å². The third-order valence-corrected chi connectivity index (χ3v) is 7.97. The predicted octanol–water partition coefficient (Wildman–Crippen LogP) is 1.91. The molecule has 2 aromatic rings. The molecule has 2 aromatic carbocycles. The number of non-ortho nitro benzene ring substituents is 2. The van der Waals surface area contributed by atoms with E-state index in [1.54, 1.807) is 4.90 Å². The first-order valence-electron chi connectivity index (χ1n) is 14.6. The van der Waals surface area contributed by atoms with E-state index < -0.39 is 40.1 Å². The highest BCUT2D eigenvalue weighted by Gasteiger charge is 2.42. The van der Waals surface area contributed by atoms with Crippen molar-refractivity contribution in [1.29, 1.82) is 0 Å². The lowest BCUT2D eigenvalue weighted by atomic mass is 10.2. The van der Waals surface area contributed by atoms with Crippen LogP contribution >= 0.6 is 12.6 Å². The molecule has 4 amide bonds. The van der Waals surface area contributed by atoms with Crippen LogP contribution in [0.2, 0.25) is 0 Å². The molecule has 4 rings (SSSR count). The summed E-state index contributed by atoms with van der Waals surface area (Å²) >= 11 is 4.45. The van der Waals surface area contributed by atoms with E-state index >= 15 is 0 Å². The molecule has 2 fully saturated rings. The van der Waals surface area contributed by atoms with Crippen LogP contribution in [-0.4, -0.2) is 98.4 Å². The van der Waals surface area contributed by atoms with Crippen molar-refractivity contribution in [3.8, 4) is 0 Å². The van der Waals surface area contributed by atoms with Crippen molar-refractivity contribution in [3.63, 3.8) is 0 Å². The number of rotatable bonds is 12. The molecule has 0 saturated carbocycles. The molecule has 0 spiro atoms. The second kappa shape index (κ2) is 16.0. The van der Waals surface area contributed by atoms with Crippen molar-refractivity contribution in [3.05, 3.63) is 79.9 Å². The number of aliphatic hydroxyl groups excluding tert-OH is 1. The second-order valence-corrected chi connectivity index (χ2v) is 11.8. The molecule has 0 radical (unpaired) electrons. The van der Waals surface area contributed by atoms with Gasteiger partial charge in [-0.05, 0) is 48.2 Å². The van der Waals surface area contributed by atoms with E-state index in [1.165, 1.54) is 53.4 Å². The van der Waals surface area contributed by atoms with Gasteiger partial charge in [0.15, 0.2) is 0 Å². The Morgan fingerprint density at radius 1 is 0.936 bits per heavy atom. The van der Waals surface area contributed by atoms with E-state index in [1.807, 2.05) is 0 Å². The molecule has 0 aliphatic carbocycles. The summed E-state index contributed by atoms with van der Waals surface area (Å²) < 4.78 is 10.4. The van der Waals surface area contributed by atoms with Gasteiger partial charge in [0.05, 0.1) is 22.4 Å². The van der Waals surface area contributed by atoms with Crippen LogP contribution in [-0.2, 0) is 32.3 Å². The number of benzene rings is 2. The number of hydrogen-bond acceptors (Lipinski definition) is 12. The van der Waals surface area contributed by atoms with Gasteiger partial charge in [0.25, 0.3) is 11.4 Å². The van der Waals surface area contributed by atoms with Gasteiger partial charge in [-0.15, -0.1) is 0 Å². The van der Waals surface area contributed by atoms with Gasteiger partial charge in [0.1, 0.15) is 19.3 Å². The highest BCUT2D eigenvalue weighted by molar-refractivity contribution is 7.81. The molecular formula is C29H34N6O11S. The number of likely N-dealkylation sites (tertiary alicyclic amines) is 2. The zero-order valence-electron chi connectivity index (χ0n) is 25.1. The maximum atomic E-state index is 13.4. The lowest BCUT2D eigenvalue weighted by Crippen LogP contribution is -2.48. The number of carbonyl (C=O) groups excluding carboxylic acids is 4. The molecule has 0 aromatic heterocycles. The Morgan fingerprint density at radius 2 is 1.51 bits per heavy atom. The number of nitro benzene ring substituents is 2. The number of amides is 4. The number of ether oxygens (including phenoxy) is 2. The van der Waals surface area contributed by atoms with Crippen molar-refractivity contribution in [1.82, 2.24) is 20.4 Å². The summed E-state index contributed by atoms with van der Waals surface area (Å²) in [7, 11) is 0. The zero-order valence-corrected chi connectivity index (χ0v) is 26.0. The summed E-state index contributed by atoms with van der Waals surface area (Å²) in [5.41, 5.74) is 0.891. The molecule has 2 aliphatic heterocycles. The fourth-order valence-corrected chi connectivity index (χ4v) is 5.54. The first-order valence-corrected chi connectivity index (χ1v) is 15.2. The van der Waals surface area contributed by atoms with Crippen LogP contribution in [0.1, 0.15) is 30.4 Å². The van der Waals surface area contributed by atoms with Crippen LogP contribution < -0.4 is 10.6 Å². The van der Waals surface area contributed by atoms with Crippen LogP contribution in [0.4, 0.5) is 21.0 Å². The SMILES string of the molecule is O=C(CC(O)CNC(=O)OCc1ccc([N+](=O)[O-])cc1)N[C@H]1CCN(C(=O)[C@@H]2C[C@H](S)CN2C(=O)OCc2ccc([N+](=O)[O-])cc2)C1. The highest BCUT2D eigenvalue weighted by Crippen LogP contribution is 2.26. The standard InChI is InChI=1S/C29H34N6O11S/c36-23(13-30-28(39)45-16-18-1-5-21(6-2-18)34(41)42)11-26(37)31-20-9-10-32(14-20)27(38)25-12-24(47)15-33(25)29(40)46-17-19-3-7-22(8-4-19)35(43)44/h1-8,20,23-25,36,47H,9-17H2,(H,30,39)(H,31,37)/t20-,23?,24-,25-/m0/s1. The Labute approximate surface area is 273 Å². The van der Waals surface area contributed by atoms with Crippen LogP contribution in [0.5, 0.6) is 0 Å². The Hall–Kier alpha value is -4.97. The average molecular weight is 675 g/mol. The van der Waals surface area contributed by atoms with Crippen LogP contribution in [0, 0.1) is 20.2 Å². The number of carbonyl (C=O) groups is 4. The van der Waals surface area contributed by atoms with E-state index in [4.69, 9.17) is 9.47 Å². The van der Waals surface area contributed by atoms with E-state index in [-0.39, 0.29) is 67.8 Å². The van der Waals surface area contributed by atoms with Crippen LogP contribution in [0.15, 0.2) is 48.5 Å². The van der Waals surface area contributed by atoms with Gasteiger partial charge in [-0.25, -0.2) is 9.59 Å². The van der Waals surface area contributed by atoms with Crippen molar-refractivity contribution in [2.45, 2.75) is 55.9 Å². The molecule has 47 heavy (non-hydrogen) atoms. The van der Waals surface area contributed by atoms with Gasteiger partial charge in [-0.3, -0.25) is 34.7 Å². The number of aliphatic hydroxyl groups is 1. The Kier molecular flexibility index (Phi) is 11.9. The zero-order chi connectivity index (χ0) is 34.1. The fourth-order valence-electron chi connectivity index (χ4n) is 5.17. The summed E-state index contributed by atoms with van der Waals surface area (Å²) in [6, 6.07) is 9.85. The molecule has 3 N–H and O–H groups in total. The van der Waals surface area contributed by atoms with Gasteiger partial charge in [-0.1, -0.05) is 0 Å². The number of thiol groups is 1. The van der Waals surface area contributed by atoms with E-state index in [0.29, 0.717) is 30.5 Å². The molecular weight excluding hydrogens is 640 g/mol. The number of nitro groups is 2. The van der Waals surface area contributed by atoms with Crippen molar-refractivity contribution in [2.24, 2.45) is 0 Å². The summed E-state index contributed by atoms with van der Waals surface area (Å²) in [5, 5.41) is 36.6. The first-order chi connectivity index (χ1) is 22.4.